The van der Waals surface area contributed by atoms with E-state index in [4.69, 9.17) is 0 Å². The highest BCUT2D eigenvalue weighted by atomic mass is 16.3. The molecular weight excluding hydrogens is 208 g/mol. The Morgan fingerprint density at radius 3 is 2.12 bits per heavy atom. The second-order valence-corrected chi connectivity index (χ2v) is 4.63. The predicted molar refractivity (Wildman–Crippen MR) is 71.0 cm³/mol. The van der Waals surface area contributed by atoms with Gasteiger partial charge in [0.2, 0.25) is 0 Å². The van der Waals surface area contributed by atoms with Crippen LogP contribution in [-0.4, -0.2) is 5.11 Å². The Balaban J connectivity index is 2.17. The van der Waals surface area contributed by atoms with Crippen molar-refractivity contribution in [1.82, 2.24) is 0 Å². The highest BCUT2D eigenvalue weighted by Gasteiger charge is 2.09. The molecule has 0 radical (unpaired) electrons. The van der Waals surface area contributed by atoms with Crippen LogP contribution in [0.3, 0.4) is 0 Å². The van der Waals surface area contributed by atoms with Gasteiger partial charge in [-0.05, 0) is 25.0 Å². The van der Waals surface area contributed by atoms with Crippen molar-refractivity contribution >= 4 is 0 Å². The van der Waals surface area contributed by atoms with E-state index < -0.39 is 6.10 Å². The summed E-state index contributed by atoms with van der Waals surface area (Å²) in [4.78, 5) is 0. The van der Waals surface area contributed by atoms with E-state index in [2.05, 4.69) is 32.0 Å². The first-order chi connectivity index (χ1) is 8.15. The normalized spacial score (nSPS) is 12.4. The Kier molecular flexibility index (Phi) is 3.60. The minimum atomic E-state index is -0.420. The number of rotatable bonds is 3. The zero-order valence-corrected chi connectivity index (χ0v) is 10.4. The van der Waals surface area contributed by atoms with Crippen molar-refractivity contribution < 1.29 is 5.11 Å². The molecule has 2 aromatic carbocycles. The van der Waals surface area contributed by atoms with E-state index in [1.165, 1.54) is 16.7 Å². The van der Waals surface area contributed by atoms with Crippen LogP contribution < -0.4 is 0 Å². The third-order valence-electron chi connectivity index (χ3n) is 2.90. The van der Waals surface area contributed by atoms with Crippen LogP contribution in [0.1, 0.15) is 28.4 Å². The minimum absolute atomic E-state index is 0.420. The molecule has 0 amide bonds. The molecule has 0 aliphatic rings. The van der Waals surface area contributed by atoms with Crippen molar-refractivity contribution in [3.8, 4) is 0 Å². The van der Waals surface area contributed by atoms with Crippen LogP contribution in [0.5, 0.6) is 0 Å². The van der Waals surface area contributed by atoms with Gasteiger partial charge >= 0.3 is 0 Å². The number of aryl methyl sites for hydroxylation is 2. The molecule has 1 N–H and O–H groups in total. The lowest BCUT2D eigenvalue weighted by Crippen LogP contribution is -2.02. The number of aliphatic hydroxyl groups excluding tert-OH is 1. The molecule has 0 heterocycles. The zero-order chi connectivity index (χ0) is 12.3. The molecule has 0 aliphatic heterocycles. The summed E-state index contributed by atoms with van der Waals surface area (Å²) in [7, 11) is 0. The lowest BCUT2D eigenvalue weighted by atomic mass is 9.98. The average Bonchev–Trinajstić information content (AvgIpc) is 2.29. The molecule has 17 heavy (non-hydrogen) atoms. The first kappa shape index (κ1) is 11.9. The zero-order valence-electron chi connectivity index (χ0n) is 10.4. The molecule has 0 bridgehead atoms. The summed E-state index contributed by atoms with van der Waals surface area (Å²) in [6.07, 6.45) is 0.250. The molecule has 0 aromatic heterocycles. The number of hydrogen-bond acceptors (Lipinski definition) is 1. The third-order valence-corrected chi connectivity index (χ3v) is 2.90. The van der Waals surface area contributed by atoms with Gasteiger partial charge in [-0.2, -0.15) is 0 Å². The standard InChI is InChI=1S/C16H18O/c1-12-8-13(2)10-15(9-12)16(17)11-14-6-4-3-5-7-14/h3-10,16-17H,11H2,1-2H3. The summed E-state index contributed by atoms with van der Waals surface area (Å²) in [6, 6.07) is 16.3. The van der Waals surface area contributed by atoms with Gasteiger partial charge in [-0.1, -0.05) is 59.7 Å². The first-order valence-corrected chi connectivity index (χ1v) is 5.95. The molecule has 1 atom stereocenters. The van der Waals surface area contributed by atoms with Crippen LogP contribution in [0.15, 0.2) is 48.5 Å². The van der Waals surface area contributed by atoms with Gasteiger partial charge in [0.25, 0.3) is 0 Å². The summed E-state index contributed by atoms with van der Waals surface area (Å²) in [6.45, 7) is 4.12. The van der Waals surface area contributed by atoms with Crippen LogP contribution in [-0.2, 0) is 6.42 Å². The first-order valence-electron chi connectivity index (χ1n) is 5.95. The van der Waals surface area contributed by atoms with Crippen molar-refractivity contribution in [2.75, 3.05) is 0 Å². The number of aliphatic hydroxyl groups is 1. The van der Waals surface area contributed by atoms with Crippen LogP contribution in [0.4, 0.5) is 0 Å². The van der Waals surface area contributed by atoms with Crippen LogP contribution >= 0.6 is 0 Å². The fraction of sp³-hybridized carbons (Fsp3) is 0.250. The molecule has 0 fully saturated rings. The van der Waals surface area contributed by atoms with E-state index >= 15 is 0 Å². The highest BCUT2D eigenvalue weighted by Crippen LogP contribution is 2.20. The minimum Gasteiger partial charge on any atom is -0.388 e. The maximum atomic E-state index is 10.2. The van der Waals surface area contributed by atoms with Gasteiger partial charge < -0.3 is 5.11 Å². The Morgan fingerprint density at radius 1 is 0.941 bits per heavy atom. The van der Waals surface area contributed by atoms with E-state index in [-0.39, 0.29) is 0 Å². The Morgan fingerprint density at radius 2 is 1.53 bits per heavy atom. The van der Waals surface area contributed by atoms with Crippen molar-refractivity contribution in [1.29, 1.82) is 0 Å². The van der Waals surface area contributed by atoms with Crippen molar-refractivity contribution in [2.24, 2.45) is 0 Å². The molecule has 88 valence electrons. The Bertz CT molecular complexity index is 468. The Hall–Kier alpha value is -1.60. The van der Waals surface area contributed by atoms with Gasteiger partial charge in [0.05, 0.1) is 6.10 Å². The fourth-order valence-corrected chi connectivity index (χ4v) is 2.16. The monoisotopic (exact) mass is 226 g/mol. The summed E-state index contributed by atoms with van der Waals surface area (Å²) in [5.74, 6) is 0. The van der Waals surface area contributed by atoms with Gasteiger partial charge in [-0.15, -0.1) is 0 Å². The smallest absolute Gasteiger partial charge is 0.0830 e. The third kappa shape index (κ3) is 3.18. The van der Waals surface area contributed by atoms with Crippen molar-refractivity contribution in [3.63, 3.8) is 0 Å². The molecule has 2 rings (SSSR count). The molecule has 1 heteroatoms. The molecule has 0 spiro atoms. The summed E-state index contributed by atoms with van der Waals surface area (Å²) in [5.41, 5.74) is 4.57. The topological polar surface area (TPSA) is 20.2 Å². The van der Waals surface area contributed by atoms with E-state index in [1.54, 1.807) is 0 Å². The van der Waals surface area contributed by atoms with E-state index in [1.807, 2.05) is 30.3 Å². The second kappa shape index (κ2) is 5.15. The molecule has 0 saturated carbocycles. The van der Waals surface area contributed by atoms with Gasteiger partial charge in [-0.25, -0.2) is 0 Å². The maximum absolute atomic E-state index is 10.2. The number of hydrogen-bond donors (Lipinski definition) is 1. The summed E-state index contributed by atoms with van der Waals surface area (Å²) < 4.78 is 0. The molecule has 1 nitrogen and oxygen atoms in total. The van der Waals surface area contributed by atoms with E-state index in [0.29, 0.717) is 6.42 Å². The van der Waals surface area contributed by atoms with Gasteiger partial charge in [0.1, 0.15) is 0 Å². The van der Waals surface area contributed by atoms with E-state index in [9.17, 15) is 5.11 Å². The predicted octanol–water partition coefficient (Wildman–Crippen LogP) is 3.58. The lowest BCUT2D eigenvalue weighted by molar-refractivity contribution is 0.178. The average molecular weight is 226 g/mol. The summed E-state index contributed by atoms with van der Waals surface area (Å²) in [5, 5.41) is 10.2. The second-order valence-electron chi connectivity index (χ2n) is 4.63. The molecule has 2 aromatic rings. The largest absolute Gasteiger partial charge is 0.388 e. The Labute approximate surface area is 103 Å². The lowest BCUT2D eigenvalue weighted by Gasteiger charge is -2.12. The quantitative estimate of drug-likeness (QED) is 0.848. The van der Waals surface area contributed by atoms with Crippen molar-refractivity contribution in [2.45, 2.75) is 26.4 Å². The molecule has 1 unspecified atom stereocenters. The van der Waals surface area contributed by atoms with Crippen LogP contribution in [0.25, 0.3) is 0 Å². The highest BCUT2D eigenvalue weighted by molar-refractivity contribution is 5.31. The van der Waals surface area contributed by atoms with Crippen molar-refractivity contribution in [3.05, 3.63) is 70.8 Å². The fourth-order valence-electron chi connectivity index (χ4n) is 2.16. The molecular formula is C16H18O. The van der Waals surface area contributed by atoms with E-state index in [0.717, 1.165) is 5.56 Å². The maximum Gasteiger partial charge on any atom is 0.0830 e. The molecule has 0 aliphatic carbocycles. The summed E-state index contributed by atoms with van der Waals surface area (Å²) >= 11 is 0. The van der Waals surface area contributed by atoms with Crippen LogP contribution in [0, 0.1) is 13.8 Å². The number of benzene rings is 2. The molecule has 0 saturated heterocycles. The van der Waals surface area contributed by atoms with Gasteiger partial charge in [0.15, 0.2) is 0 Å². The van der Waals surface area contributed by atoms with Crippen LogP contribution in [0.2, 0.25) is 0 Å². The SMILES string of the molecule is Cc1cc(C)cc(C(O)Cc2ccccc2)c1. The van der Waals surface area contributed by atoms with Gasteiger partial charge in [-0.3, -0.25) is 0 Å². The van der Waals surface area contributed by atoms with Gasteiger partial charge in [0, 0.05) is 6.42 Å².